The molecule has 3 N–H and O–H groups in total. The van der Waals surface area contributed by atoms with Gasteiger partial charge in [0.15, 0.2) is 6.61 Å². The first kappa shape index (κ1) is 21.3. The first-order chi connectivity index (χ1) is 14.4. The minimum Gasteiger partial charge on any atom is -0.454 e. The monoisotopic (exact) mass is 413 g/mol. The normalized spacial score (nSPS) is 13.9. The summed E-state index contributed by atoms with van der Waals surface area (Å²) < 4.78 is 19.1. The number of amides is 3. The number of halogens is 1. The van der Waals surface area contributed by atoms with E-state index in [9.17, 15) is 18.8 Å². The molecular weight excluding hydrogens is 389 g/mol. The molecule has 158 valence electrons. The van der Waals surface area contributed by atoms with Crippen LogP contribution in [0.3, 0.4) is 0 Å². The van der Waals surface area contributed by atoms with E-state index in [1.165, 1.54) is 11.0 Å². The molecule has 7 nitrogen and oxygen atoms in total. The SMILES string of the molecule is NC(=O)N[C@@H](Cc1ccccc1)C(=O)OCC(=O)N(Cc1ccccc1F)C1CC1. The number of carbonyl (C=O) groups excluding carboxylic acids is 3. The molecule has 1 fully saturated rings. The van der Waals surface area contributed by atoms with Crippen molar-refractivity contribution < 1.29 is 23.5 Å². The molecule has 3 rings (SSSR count). The smallest absolute Gasteiger partial charge is 0.329 e. The Morgan fingerprint density at radius 3 is 2.40 bits per heavy atom. The molecule has 8 heteroatoms. The largest absolute Gasteiger partial charge is 0.454 e. The van der Waals surface area contributed by atoms with Gasteiger partial charge in [-0.25, -0.2) is 14.0 Å². The second-order valence-electron chi connectivity index (χ2n) is 7.20. The van der Waals surface area contributed by atoms with E-state index >= 15 is 0 Å². The molecular formula is C22H24FN3O4. The molecule has 3 amide bonds. The van der Waals surface area contributed by atoms with Gasteiger partial charge in [0.25, 0.3) is 5.91 Å². The molecule has 0 heterocycles. The highest BCUT2D eigenvalue weighted by atomic mass is 19.1. The number of nitrogens with one attached hydrogen (secondary N) is 1. The predicted octanol–water partition coefficient (Wildman–Crippen LogP) is 2.14. The van der Waals surface area contributed by atoms with Gasteiger partial charge in [-0.3, -0.25) is 4.79 Å². The molecule has 2 aromatic rings. The lowest BCUT2D eigenvalue weighted by Gasteiger charge is -2.23. The average Bonchev–Trinajstić information content (AvgIpc) is 3.56. The van der Waals surface area contributed by atoms with E-state index in [0.29, 0.717) is 5.56 Å². The molecule has 1 aliphatic carbocycles. The summed E-state index contributed by atoms with van der Waals surface area (Å²) in [5, 5.41) is 2.35. The van der Waals surface area contributed by atoms with Crippen LogP contribution in [0.5, 0.6) is 0 Å². The number of ether oxygens (including phenoxy) is 1. The van der Waals surface area contributed by atoms with Crippen LogP contribution in [-0.2, 0) is 27.3 Å². The molecule has 2 aromatic carbocycles. The second-order valence-corrected chi connectivity index (χ2v) is 7.20. The summed E-state index contributed by atoms with van der Waals surface area (Å²) in [6.07, 6.45) is 1.83. The lowest BCUT2D eigenvalue weighted by atomic mass is 10.1. The Balaban J connectivity index is 1.60. The Morgan fingerprint density at radius 1 is 1.10 bits per heavy atom. The van der Waals surface area contributed by atoms with E-state index in [1.54, 1.807) is 30.3 Å². The number of benzene rings is 2. The lowest BCUT2D eigenvalue weighted by Crippen LogP contribution is -2.46. The average molecular weight is 413 g/mol. The highest BCUT2D eigenvalue weighted by Crippen LogP contribution is 2.29. The Labute approximate surface area is 174 Å². The highest BCUT2D eigenvalue weighted by molar-refractivity contribution is 5.86. The fourth-order valence-electron chi connectivity index (χ4n) is 3.15. The molecule has 0 aromatic heterocycles. The van der Waals surface area contributed by atoms with Crippen molar-refractivity contribution >= 4 is 17.9 Å². The maximum atomic E-state index is 14.0. The zero-order valence-corrected chi connectivity index (χ0v) is 16.4. The van der Waals surface area contributed by atoms with Gasteiger partial charge in [-0.1, -0.05) is 48.5 Å². The van der Waals surface area contributed by atoms with Crippen molar-refractivity contribution in [2.45, 2.75) is 37.9 Å². The van der Waals surface area contributed by atoms with Crippen LogP contribution in [0.15, 0.2) is 54.6 Å². The van der Waals surface area contributed by atoms with Gasteiger partial charge in [0.2, 0.25) is 0 Å². The number of hydrogen-bond donors (Lipinski definition) is 2. The molecule has 30 heavy (non-hydrogen) atoms. The van der Waals surface area contributed by atoms with E-state index in [-0.39, 0.29) is 24.8 Å². The third-order valence-corrected chi connectivity index (χ3v) is 4.83. The number of urea groups is 1. The van der Waals surface area contributed by atoms with Crippen molar-refractivity contribution in [1.82, 2.24) is 10.2 Å². The number of primary amides is 1. The van der Waals surface area contributed by atoms with E-state index in [0.717, 1.165) is 18.4 Å². The van der Waals surface area contributed by atoms with Crippen molar-refractivity contribution in [2.75, 3.05) is 6.61 Å². The molecule has 1 aliphatic rings. The Bertz CT molecular complexity index is 902. The van der Waals surface area contributed by atoms with Crippen LogP contribution < -0.4 is 11.1 Å². The molecule has 0 radical (unpaired) electrons. The van der Waals surface area contributed by atoms with E-state index in [1.807, 2.05) is 18.2 Å². The van der Waals surface area contributed by atoms with Crippen molar-refractivity contribution in [3.63, 3.8) is 0 Å². The van der Waals surface area contributed by atoms with Crippen molar-refractivity contribution in [1.29, 1.82) is 0 Å². The van der Waals surface area contributed by atoms with E-state index in [2.05, 4.69) is 5.32 Å². The first-order valence-corrected chi connectivity index (χ1v) is 9.73. The summed E-state index contributed by atoms with van der Waals surface area (Å²) in [7, 11) is 0. The molecule has 1 saturated carbocycles. The molecule has 0 aliphatic heterocycles. The zero-order valence-electron chi connectivity index (χ0n) is 16.4. The van der Waals surface area contributed by atoms with Gasteiger partial charge in [0.1, 0.15) is 11.9 Å². The third kappa shape index (κ3) is 6.04. The number of hydrogen-bond acceptors (Lipinski definition) is 4. The van der Waals surface area contributed by atoms with Crippen LogP contribution in [0.4, 0.5) is 9.18 Å². The second kappa shape index (κ2) is 9.87. The number of esters is 1. The quantitative estimate of drug-likeness (QED) is 0.615. The van der Waals surface area contributed by atoms with Crippen molar-refractivity contribution in [2.24, 2.45) is 5.73 Å². The van der Waals surface area contributed by atoms with Gasteiger partial charge < -0.3 is 20.7 Å². The van der Waals surface area contributed by atoms with Crippen LogP contribution in [-0.4, -0.2) is 41.5 Å². The Hall–Kier alpha value is -3.42. The third-order valence-electron chi connectivity index (χ3n) is 4.83. The zero-order chi connectivity index (χ0) is 21.5. The summed E-state index contributed by atoms with van der Waals surface area (Å²) in [5.41, 5.74) is 6.38. The number of rotatable bonds is 9. The minimum atomic E-state index is -1.02. The summed E-state index contributed by atoms with van der Waals surface area (Å²) in [6.45, 7) is -0.379. The van der Waals surface area contributed by atoms with Crippen molar-refractivity contribution in [3.05, 3.63) is 71.5 Å². The topological polar surface area (TPSA) is 102 Å². The maximum absolute atomic E-state index is 14.0. The van der Waals surface area contributed by atoms with Gasteiger partial charge in [0, 0.05) is 24.6 Å². The maximum Gasteiger partial charge on any atom is 0.329 e. The molecule has 0 unspecified atom stereocenters. The van der Waals surface area contributed by atoms with Crippen LogP contribution in [0.2, 0.25) is 0 Å². The fraction of sp³-hybridized carbons (Fsp3) is 0.318. The summed E-state index contributed by atoms with van der Waals surface area (Å²) in [4.78, 5) is 38.0. The summed E-state index contributed by atoms with van der Waals surface area (Å²) in [6, 6.07) is 13.4. The van der Waals surface area contributed by atoms with Gasteiger partial charge in [-0.15, -0.1) is 0 Å². The van der Waals surface area contributed by atoms with Crippen LogP contribution in [0.1, 0.15) is 24.0 Å². The van der Waals surface area contributed by atoms with Gasteiger partial charge in [0.05, 0.1) is 0 Å². The fourth-order valence-corrected chi connectivity index (χ4v) is 3.15. The molecule has 0 bridgehead atoms. The minimum absolute atomic E-state index is 0.0136. The molecule has 0 saturated heterocycles. The molecule has 1 atom stereocenters. The van der Waals surface area contributed by atoms with Crippen LogP contribution in [0, 0.1) is 5.82 Å². The van der Waals surface area contributed by atoms with Crippen molar-refractivity contribution in [3.8, 4) is 0 Å². The molecule has 0 spiro atoms. The Morgan fingerprint density at radius 2 is 1.77 bits per heavy atom. The first-order valence-electron chi connectivity index (χ1n) is 9.73. The van der Waals surface area contributed by atoms with Gasteiger partial charge in [-0.2, -0.15) is 0 Å². The number of nitrogens with two attached hydrogens (primary N) is 1. The van der Waals surface area contributed by atoms with E-state index in [4.69, 9.17) is 10.5 Å². The highest BCUT2D eigenvalue weighted by Gasteiger charge is 2.34. The van der Waals surface area contributed by atoms with E-state index < -0.39 is 30.6 Å². The van der Waals surface area contributed by atoms with Gasteiger partial charge >= 0.3 is 12.0 Å². The number of nitrogens with zero attached hydrogens (tertiary/aromatic N) is 1. The lowest BCUT2D eigenvalue weighted by molar-refractivity contribution is -0.154. The van der Waals surface area contributed by atoms with Crippen LogP contribution >= 0.6 is 0 Å². The van der Waals surface area contributed by atoms with Gasteiger partial charge in [-0.05, 0) is 24.5 Å². The number of carbonyl (C=O) groups is 3. The summed E-state index contributed by atoms with van der Waals surface area (Å²) >= 11 is 0. The van der Waals surface area contributed by atoms with Crippen LogP contribution in [0.25, 0.3) is 0 Å². The predicted molar refractivity (Wildman–Crippen MR) is 108 cm³/mol. The Kier molecular flexibility index (Phi) is 7.00. The standard InChI is InChI=1S/C22H24FN3O4/c23-18-9-5-4-8-16(18)13-26(17-10-11-17)20(27)14-30-21(28)19(25-22(24)29)12-15-6-2-1-3-7-15/h1-9,17,19H,10-14H2,(H3,24,25,29)/t19-/m0/s1. The summed E-state index contributed by atoms with van der Waals surface area (Å²) in [5.74, 6) is -1.55.